The minimum atomic E-state index is -0.367. The third-order valence-electron chi connectivity index (χ3n) is 5.14. The lowest BCUT2D eigenvalue weighted by Gasteiger charge is -2.34. The molecular formula is C22H26ClNO3. The third-order valence-corrected chi connectivity index (χ3v) is 5.38. The quantitative estimate of drug-likeness (QED) is 0.778. The Balaban J connectivity index is 1.92. The van der Waals surface area contributed by atoms with Crippen LogP contribution in [0.2, 0.25) is 5.02 Å². The molecule has 2 aromatic rings. The molecule has 27 heavy (non-hydrogen) atoms. The van der Waals surface area contributed by atoms with Crippen molar-refractivity contribution in [3.8, 4) is 0 Å². The maximum Gasteiger partial charge on any atom is 0.407 e. The van der Waals surface area contributed by atoms with E-state index < -0.39 is 0 Å². The van der Waals surface area contributed by atoms with E-state index in [0.29, 0.717) is 18.1 Å². The molecule has 1 aliphatic rings. The minimum Gasteiger partial charge on any atom is -0.450 e. The lowest BCUT2D eigenvalue weighted by molar-refractivity contribution is 0.144. The van der Waals surface area contributed by atoms with Crippen LogP contribution >= 0.6 is 11.6 Å². The number of hydrogen-bond donors (Lipinski definition) is 2. The number of amides is 1. The van der Waals surface area contributed by atoms with Crippen molar-refractivity contribution in [2.45, 2.75) is 44.6 Å². The summed E-state index contributed by atoms with van der Waals surface area (Å²) in [6, 6.07) is 14.3. The van der Waals surface area contributed by atoms with Crippen molar-refractivity contribution in [3.63, 3.8) is 0 Å². The van der Waals surface area contributed by atoms with Crippen LogP contribution in [0.3, 0.4) is 0 Å². The topological polar surface area (TPSA) is 58.6 Å². The lowest BCUT2D eigenvalue weighted by Crippen LogP contribution is -2.43. The van der Waals surface area contributed by atoms with Gasteiger partial charge in [0.2, 0.25) is 0 Å². The second-order valence-electron chi connectivity index (χ2n) is 6.96. The molecule has 4 nitrogen and oxygen atoms in total. The van der Waals surface area contributed by atoms with E-state index in [1.165, 1.54) is 11.1 Å². The highest BCUT2D eigenvalue weighted by atomic mass is 35.5. The smallest absolute Gasteiger partial charge is 0.407 e. The molecule has 2 atom stereocenters. The molecule has 0 aliphatic heterocycles. The van der Waals surface area contributed by atoms with Gasteiger partial charge >= 0.3 is 6.09 Å². The van der Waals surface area contributed by atoms with Gasteiger partial charge in [0.25, 0.3) is 0 Å². The van der Waals surface area contributed by atoms with Crippen molar-refractivity contribution in [2.24, 2.45) is 0 Å². The van der Waals surface area contributed by atoms with Crippen LogP contribution in [0, 0.1) is 0 Å². The number of aliphatic hydroxyl groups is 1. The Bertz CT molecular complexity index is 793. The first-order valence-electron chi connectivity index (χ1n) is 9.51. The first-order chi connectivity index (χ1) is 13.1. The van der Waals surface area contributed by atoms with Crippen molar-refractivity contribution in [2.75, 3.05) is 13.2 Å². The molecule has 5 heteroatoms. The van der Waals surface area contributed by atoms with Gasteiger partial charge in [0, 0.05) is 23.6 Å². The molecule has 0 bridgehead atoms. The van der Waals surface area contributed by atoms with Crippen molar-refractivity contribution >= 4 is 17.7 Å². The number of aliphatic hydroxyl groups excluding tert-OH is 1. The number of fused-ring (bicyclic) bond motifs is 1. The van der Waals surface area contributed by atoms with Crippen molar-refractivity contribution in [1.82, 2.24) is 5.32 Å². The highest BCUT2D eigenvalue weighted by Gasteiger charge is 2.31. The van der Waals surface area contributed by atoms with Crippen molar-refractivity contribution in [1.29, 1.82) is 0 Å². The predicted molar refractivity (Wildman–Crippen MR) is 107 cm³/mol. The van der Waals surface area contributed by atoms with E-state index in [9.17, 15) is 9.90 Å². The van der Waals surface area contributed by atoms with Crippen LogP contribution in [0.5, 0.6) is 0 Å². The van der Waals surface area contributed by atoms with E-state index >= 15 is 0 Å². The van der Waals surface area contributed by atoms with Gasteiger partial charge in [-0.25, -0.2) is 4.79 Å². The number of aryl methyl sites for hydroxylation is 1. The maximum absolute atomic E-state index is 12.1. The van der Waals surface area contributed by atoms with Gasteiger partial charge in [-0.2, -0.15) is 0 Å². The molecule has 1 amide bonds. The zero-order chi connectivity index (χ0) is 19.2. The van der Waals surface area contributed by atoms with Crippen LogP contribution in [0.25, 0.3) is 0 Å². The van der Waals surface area contributed by atoms with Gasteiger partial charge in [-0.15, -0.1) is 0 Å². The fourth-order valence-electron chi connectivity index (χ4n) is 3.90. The van der Waals surface area contributed by atoms with E-state index in [4.69, 9.17) is 16.3 Å². The molecule has 144 valence electrons. The molecule has 0 saturated carbocycles. The second kappa shape index (κ2) is 9.25. The van der Waals surface area contributed by atoms with Gasteiger partial charge in [-0.05, 0) is 67.0 Å². The number of benzene rings is 2. The van der Waals surface area contributed by atoms with Gasteiger partial charge in [-0.1, -0.05) is 41.9 Å². The van der Waals surface area contributed by atoms with Gasteiger partial charge in [0.15, 0.2) is 0 Å². The Labute approximate surface area is 165 Å². The lowest BCUT2D eigenvalue weighted by atomic mass is 9.75. The summed E-state index contributed by atoms with van der Waals surface area (Å²) in [4.78, 5) is 12.1. The fraction of sp³-hybridized carbons (Fsp3) is 0.409. The monoisotopic (exact) mass is 387 g/mol. The fourth-order valence-corrected chi connectivity index (χ4v) is 4.11. The van der Waals surface area contributed by atoms with Crippen LogP contribution in [-0.2, 0) is 24.0 Å². The molecule has 3 rings (SSSR count). The molecule has 0 radical (unpaired) electrons. The number of nitrogens with one attached hydrogen (secondary N) is 1. The molecular weight excluding hydrogens is 362 g/mol. The predicted octanol–water partition coefficient (Wildman–Crippen LogP) is 4.26. The number of halogens is 1. The summed E-state index contributed by atoms with van der Waals surface area (Å²) in [5, 5.41) is 13.1. The van der Waals surface area contributed by atoms with Crippen LogP contribution < -0.4 is 5.32 Å². The molecule has 2 aromatic carbocycles. The zero-order valence-electron chi connectivity index (χ0n) is 15.6. The molecule has 0 spiro atoms. The summed E-state index contributed by atoms with van der Waals surface area (Å²) < 4.78 is 5.11. The van der Waals surface area contributed by atoms with Crippen LogP contribution in [0.1, 0.15) is 41.5 Å². The van der Waals surface area contributed by atoms with E-state index in [2.05, 4.69) is 29.6 Å². The Morgan fingerprint density at radius 2 is 2.11 bits per heavy atom. The summed E-state index contributed by atoms with van der Waals surface area (Å²) >= 11 is 6.17. The molecule has 0 fully saturated rings. The summed E-state index contributed by atoms with van der Waals surface area (Å²) in [7, 11) is 0. The van der Waals surface area contributed by atoms with E-state index in [1.54, 1.807) is 6.92 Å². The number of rotatable bonds is 6. The average Bonchev–Trinajstić information content (AvgIpc) is 2.64. The average molecular weight is 388 g/mol. The van der Waals surface area contributed by atoms with Gasteiger partial charge in [-0.3, -0.25) is 0 Å². The first kappa shape index (κ1) is 19.7. The molecule has 2 unspecified atom stereocenters. The Morgan fingerprint density at radius 1 is 1.26 bits per heavy atom. The highest BCUT2D eigenvalue weighted by molar-refractivity contribution is 6.30. The standard InChI is InChI=1S/C22H26ClNO3/c1-2-27-22(26)24-21-9-8-17-7-6-15(10-11-25)13-19(17)20(21)14-16-4-3-5-18(23)12-16/h3-7,12-13,20-21,25H,2,8-11,14H2,1H3,(H,24,26). The first-order valence-corrected chi connectivity index (χ1v) is 9.88. The minimum absolute atomic E-state index is 0.0000850. The number of hydrogen-bond acceptors (Lipinski definition) is 3. The van der Waals surface area contributed by atoms with Crippen LogP contribution in [0.15, 0.2) is 42.5 Å². The van der Waals surface area contributed by atoms with Crippen LogP contribution in [-0.4, -0.2) is 30.5 Å². The number of ether oxygens (including phenoxy) is 1. The number of alkyl carbamates (subject to hydrolysis) is 1. The normalized spacial score (nSPS) is 18.6. The summed E-state index contributed by atoms with van der Waals surface area (Å²) in [5.74, 6) is 0.135. The van der Waals surface area contributed by atoms with Gasteiger partial charge in [0.05, 0.1) is 6.61 Å². The molecule has 2 N–H and O–H groups in total. The third kappa shape index (κ3) is 5.02. The van der Waals surface area contributed by atoms with E-state index in [1.807, 2.05) is 18.2 Å². The molecule has 0 heterocycles. The molecule has 0 saturated heterocycles. The van der Waals surface area contributed by atoms with Gasteiger partial charge in [0.1, 0.15) is 0 Å². The largest absolute Gasteiger partial charge is 0.450 e. The Morgan fingerprint density at radius 3 is 2.85 bits per heavy atom. The van der Waals surface area contributed by atoms with Crippen molar-refractivity contribution < 1.29 is 14.6 Å². The zero-order valence-corrected chi connectivity index (χ0v) is 16.3. The SMILES string of the molecule is CCOC(=O)NC1CCc2ccc(CCO)cc2C1Cc1cccc(Cl)c1. The maximum atomic E-state index is 12.1. The van der Waals surface area contributed by atoms with Crippen LogP contribution in [0.4, 0.5) is 4.79 Å². The van der Waals surface area contributed by atoms with E-state index in [-0.39, 0.29) is 24.7 Å². The summed E-state index contributed by atoms with van der Waals surface area (Å²) in [5.41, 5.74) is 4.81. The molecule has 1 aliphatic carbocycles. The highest BCUT2D eigenvalue weighted by Crippen LogP contribution is 2.35. The molecule has 0 aromatic heterocycles. The van der Waals surface area contributed by atoms with Crippen molar-refractivity contribution in [3.05, 3.63) is 69.7 Å². The number of carbonyl (C=O) groups excluding carboxylic acids is 1. The van der Waals surface area contributed by atoms with Gasteiger partial charge < -0.3 is 15.2 Å². The Hall–Kier alpha value is -2.04. The summed E-state index contributed by atoms with van der Waals surface area (Å²) in [6.45, 7) is 2.29. The Kier molecular flexibility index (Phi) is 6.75. The second-order valence-corrected chi connectivity index (χ2v) is 7.39. The number of carbonyl (C=O) groups is 1. The summed E-state index contributed by atoms with van der Waals surface area (Å²) in [6.07, 6.45) is 2.84. The van der Waals surface area contributed by atoms with E-state index in [0.717, 1.165) is 30.4 Å².